The molecule has 0 spiro atoms. The lowest BCUT2D eigenvalue weighted by atomic mass is 9.64. The second kappa shape index (κ2) is 5.73. The van der Waals surface area contributed by atoms with E-state index < -0.39 is 0 Å². The second-order valence-corrected chi connectivity index (χ2v) is 7.68. The van der Waals surface area contributed by atoms with Gasteiger partial charge >= 0.3 is 0 Å². The molecule has 0 unspecified atom stereocenters. The summed E-state index contributed by atoms with van der Waals surface area (Å²) in [4.78, 5) is 0. The lowest BCUT2D eigenvalue weighted by Gasteiger charge is -2.43. The first-order valence-corrected chi connectivity index (χ1v) is 7.48. The van der Waals surface area contributed by atoms with Crippen molar-refractivity contribution in [1.82, 2.24) is 5.32 Å². The molecule has 1 rings (SSSR count). The molecule has 1 aliphatic carbocycles. The number of rotatable bonds is 4. The van der Waals surface area contributed by atoms with Gasteiger partial charge in [0.2, 0.25) is 0 Å². The zero-order valence-electron chi connectivity index (χ0n) is 12.9. The Bertz CT molecular complexity index is 216. The van der Waals surface area contributed by atoms with Crippen LogP contribution in [0.3, 0.4) is 0 Å². The van der Waals surface area contributed by atoms with E-state index in [-0.39, 0.29) is 0 Å². The molecule has 0 aromatic carbocycles. The van der Waals surface area contributed by atoms with Gasteiger partial charge in [-0.25, -0.2) is 0 Å². The summed E-state index contributed by atoms with van der Waals surface area (Å²) in [5, 5.41) is 3.53. The molecule has 1 aliphatic rings. The molecule has 0 atom stereocenters. The van der Waals surface area contributed by atoms with Crippen LogP contribution in [0.25, 0.3) is 0 Å². The number of hydrogen-bond donors (Lipinski definition) is 1. The van der Waals surface area contributed by atoms with Crippen LogP contribution in [0.1, 0.15) is 67.2 Å². The van der Waals surface area contributed by atoms with Crippen molar-refractivity contribution in [2.24, 2.45) is 22.7 Å². The van der Waals surface area contributed by atoms with E-state index in [0.29, 0.717) is 10.8 Å². The quantitative estimate of drug-likeness (QED) is 0.763. The first-order valence-electron chi connectivity index (χ1n) is 7.48. The van der Waals surface area contributed by atoms with E-state index in [4.69, 9.17) is 0 Å². The molecule has 1 fully saturated rings. The molecule has 102 valence electrons. The van der Waals surface area contributed by atoms with Gasteiger partial charge in [-0.05, 0) is 54.9 Å². The van der Waals surface area contributed by atoms with Crippen molar-refractivity contribution in [3.8, 4) is 0 Å². The first-order chi connectivity index (χ1) is 7.77. The van der Waals surface area contributed by atoms with Gasteiger partial charge in [0.25, 0.3) is 0 Å². The third-order valence-electron chi connectivity index (χ3n) is 4.89. The second-order valence-electron chi connectivity index (χ2n) is 7.68. The minimum absolute atomic E-state index is 0.471. The molecule has 17 heavy (non-hydrogen) atoms. The maximum atomic E-state index is 3.53. The van der Waals surface area contributed by atoms with E-state index >= 15 is 0 Å². The molecular weight excluding hydrogens is 206 g/mol. The molecule has 1 nitrogen and oxygen atoms in total. The molecule has 0 aromatic rings. The topological polar surface area (TPSA) is 12.0 Å². The van der Waals surface area contributed by atoms with Crippen LogP contribution in [-0.2, 0) is 0 Å². The van der Waals surface area contributed by atoms with Gasteiger partial charge in [-0.3, -0.25) is 0 Å². The third kappa shape index (κ3) is 4.28. The Labute approximate surface area is 109 Å². The van der Waals surface area contributed by atoms with Crippen molar-refractivity contribution < 1.29 is 0 Å². The summed E-state index contributed by atoms with van der Waals surface area (Å²) in [5.74, 6) is 1.86. The van der Waals surface area contributed by atoms with E-state index in [9.17, 15) is 0 Å². The molecule has 0 heterocycles. The molecule has 0 amide bonds. The van der Waals surface area contributed by atoms with Gasteiger partial charge in [-0.1, -0.05) is 41.5 Å². The third-order valence-corrected chi connectivity index (χ3v) is 4.89. The fourth-order valence-electron chi connectivity index (χ4n) is 3.33. The van der Waals surface area contributed by atoms with Crippen molar-refractivity contribution in [3.05, 3.63) is 0 Å². The summed E-state index contributed by atoms with van der Waals surface area (Å²) in [5.41, 5.74) is 0.982. The molecule has 1 N–H and O–H groups in total. The highest BCUT2D eigenvalue weighted by molar-refractivity contribution is 4.87. The minimum Gasteiger partial charge on any atom is -0.316 e. The Hall–Kier alpha value is -0.0400. The van der Waals surface area contributed by atoms with Crippen LogP contribution in [0.15, 0.2) is 0 Å². The van der Waals surface area contributed by atoms with Crippen LogP contribution >= 0.6 is 0 Å². The van der Waals surface area contributed by atoms with E-state index in [1.54, 1.807) is 0 Å². The summed E-state index contributed by atoms with van der Waals surface area (Å²) in [6.45, 7) is 16.6. The summed E-state index contributed by atoms with van der Waals surface area (Å²) < 4.78 is 0. The minimum atomic E-state index is 0.471. The summed E-state index contributed by atoms with van der Waals surface area (Å²) in [6.07, 6.45) is 5.73. The molecule has 0 aromatic heterocycles. The lowest BCUT2D eigenvalue weighted by molar-refractivity contribution is 0.0869. The average Bonchev–Trinajstić information content (AvgIpc) is 2.25. The SMILES string of the molecule is CCNCC(C)(C)C1CCC(C(C)(C)C)CC1. The highest BCUT2D eigenvalue weighted by Crippen LogP contribution is 2.45. The van der Waals surface area contributed by atoms with Crippen LogP contribution in [0.4, 0.5) is 0 Å². The monoisotopic (exact) mass is 239 g/mol. The summed E-state index contributed by atoms with van der Waals surface area (Å²) in [7, 11) is 0. The Morgan fingerprint density at radius 2 is 1.35 bits per heavy atom. The van der Waals surface area contributed by atoms with Crippen LogP contribution < -0.4 is 5.32 Å². The van der Waals surface area contributed by atoms with Gasteiger partial charge in [0.05, 0.1) is 0 Å². The van der Waals surface area contributed by atoms with Crippen LogP contribution in [-0.4, -0.2) is 13.1 Å². The van der Waals surface area contributed by atoms with Crippen LogP contribution in [0, 0.1) is 22.7 Å². The molecule has 1 saturated carbocycles. The highest BCUT2D eigenvalue weighted by atomic mass is 14.9. The fourth-order valence-corrected chi connectivity index (χ4v) is 3.33. The standard InChI is InChI=1S/C16H33N/c1-7-17-12-16(5,6)14-10-8-13(9-11-14)15(2,3)4/h13-14,17H,7-12H2,1-6H3. The van der Waals surface area contributed by atoms with Crippen molar-refractivity contribution in [2.45, 2.75) is 67.2 Å². The number of nitrogens with one attached hydrogen (secondary N) is 1. The van der Waals surface area contributed by atoms with E-state index in [0.717, 1.165) is 18.4 Å². The van der Waals surface area contributed by atoms with Gasteiger partial charge in [0.15, 0.2) is 0 Å². The van der Waals surface area contributed by atoms with Crippen molar-refractivity contribution >= 4 is 0 Å². The Morgan fingerprint density at radius 1 is 0.882 bits per heavy atom. The summed E-state index contributed by atoms with van der Waals surface area (Å²) >= 11 is 0. The van der Waals surface area contributed by atoms with Crippen LogP contribution in [0.5, 0.6) is 0 Å². The Morgan fingerprint density at radius 3 is 1.76 bits per heavy atom. The summed E-state index contributed by atoms with van der Waals surface area (Å²) in [6, 6.07) is 0. The van der Waals surface area contributed by atoms with Gasteiger partial charge in [-0.2, -0.15) is 0 Å². The maximum Gasteiger partial charge on any atom is 0.000505 e. The van der Waals surface area contributed by atoms with E-state index in [2.05, 4.69) is 46.9 Å². The normalized spacial score (nSPS) is 27.2. The maximum absolute atomic E-state index is 3.53. The Balaban J connectivity index is 2.46. The van der Waals surface area contributed by atoms with E-state index in [1.165, 1.54) is 32.2 Å². The predicted octanol–water partition coefficient (Wildman–Crippen LogP) is 4.47. The van der Waals surface area contributed by atoms with Crippen molar-refractivity contribution in [2.75, 3.05) is 13.1 Å². The molecule has 1 heteroatoms. The predicted molar refractivity (Wildman–Crippen MR) is 77.2 cm³/mol. The molecule has 0 aliphatic heterocycles. The molecular formula is C16H33N. The fraction of sp³-hybridized carbons (Fsp3) is 1.00. The lowest BCUT2D eigenvalue weighted by Crippen LogP contribution is -2.38. The van der Waals surface area contributed by atoms with Crippen LogP contribution in [0.2, 0.25) is 0 Å². The molecule has 0 radical (unpaired) electrons. The highest BCUT2D eigenvalue weighted by Gasteiger charge is 2.35. The molecule has 0 saturated heterocycles. The van der Waals surface area contributed by atoms with Gasteiger partial charge in [0.1, 0.15) is 0 Å². The largest absolute Gasteiger partial charge is 0.316 e. The first kappa shape index (κ1) is 15.0. The zero-order chi connectivity index (χ0) is 13.1. The average molecular weight is 239 g/mol. The van der Waals surface area contributed by atoms with Gasteiger partial charge in [0, 0.05) is 6.54 Å². The van der Waals surface area contributed by atoms with Gasteiger partial charge < -0.3 is 5.32 Å². The smallest absolute Gasteiger partial charge is 0.000505 e. The zero-order valence-corrected chi connectivity index (χ0v) is 12.9. The van der Waals surface area contributed by atoms with Crippen molar-refractivity contribution in [3.63, 3.8) is 0 Å². The Kier molecular flexibility index (Phi) is 5.07. The number of hydrogen-bond acceptors (Lipinski definition) is 1. The molecule has 0 bridgehead atoms. The van der Waals surface area contributed by atoms with Crippen molar-refractivity contribution in [1.29, 1.82) is 0 Å². The van der Waals surface area contributed by atoms with Gasteiger partial charge in [-0.15, -0.1) is 0 Å². The van der Waals surface area contributed by atoms with E-state index in [1.807, 2.05) is 0 Å².